The first kappa shape index (κ1) is 15.4. The summed E-state index contributed by atoms with van der Waals surface area (Å²) in [4.78, 5) is 12.8. The van der Waals surface area contributed by atoms with Crippen LogP contribution < -0.4 is 4.90 Å². The van der Waals surface area contributed by atoms with Crippen molar-refractivity contribution < 1.29 is 4.92 Å². The van der Waals surface area contributed by atoms with E-state index in [2.05, 4.69) is 10.2 Å². The number of aromatic nitrogens is 2. The molecule has 3 aromatic rings. The lowest BCUT2D eigenvalue weighted by Gasteiger charge is -2.21. The molecule has 0 fully saturated rings. The van der Waals surface area contributed by atoms with Gasteiger partial charge in [0.2, 0.25) is 0 Å². The lowest BCUT2D eigenvalue weighted by molar-refractivity contribution is -0.383. The molecular weight excluding hydrogens is 306 g/mol. The van der Waals surface area contributed by atoms with Crippen molar-refractivity contribution in [1.82, 2.24) is 10.2 Å². The second-order valence-corrected chi connectivity index (χ2v) is 5.31. The molecule has 24 heavy (non-hydrogen) atoms. The third-order valence-corrected chi connectivity index (χ3v) is 3.79. The highest BCUT2D eigenvalue weighted by Crippen LogP contribution is 2.35. The van der Waals surface area contributed by atoms with E-state index < -0.39 is 4.92 Å². The van der Waals surface area contributed by atoms with Crippen molar-refractivity contribution >= 4 is 22.1 Å². The first-order chi connectivity index (χ1) is 11.6. The second-order valence-electron chi connectivity index (χ2n) is 5.31. The topological polar surface area (TPSA) is 95.9 Å². The quantitative estimate of drug-likeness (QED) is 0.541. The van der Waals surface area contributed by atoms with Crippen LogP contribution in [-0.2, 0) is 6.54 Å². The number of fused-ring (bicyclic) bond motifs is 1. The molecule has 118 valence electrons. The van der Waals surface area contributed by atoms with Crippen molar-refractivity contribution in [3.05, 3.63) is 70.0 Å². The lowest BCUT2D eigenvalue weighted by atomic mass is 10.0. The minimum atomic E-state index is -0.459. The molecule has 1 heterocycles. The van der Waals surface area contributed by atoms with E-state index in [1.807, 2.05) is 24.1 Å². The summed E-state index contributed by atoms with van der Waals surface area (Å²) < 4.78 is 0. The van der Waals surface area contributed by atoms with Crippen LogP contribution >= 0.6 is 0 Å². The van der Waals surface area contributed by atoms with Gasteiger partial charge in [0, 0.05) is 36.9 Å². The van der Waals surface area contributed by atoms with Crippen LogP contribution in [0.15, 0.2) is 48.8 Å². The van der Waals surface area contributed by atoms with Gasteiger partial charge in [-0.05, 0) is 23.8 Å². The largest absolute Gasteiger partial charge is 0.370 e. The van der Waals surface area contributed by atoms with E-state index in [0.29, 0.717) is 22.9 Å². The van der Waals surface area contributed by atoms with Crippen molar-refractivity contribution in [3.63, 3.8) is 0 Å². The van der Waals surface area contributed by atoms with Crippen LogP contribution in [0.5, 0.6) is 0 Å². The zero-order valence-corrected chi connectivity index (χ0v) is 12.9. The zero-order chi connectivity index (χ0) is 17.1. The number of nitro benzene ring substituents is 1. The average Bonchev–Trinajstić information content (AvgIpc) is 2.60. The summed E-state index contributed by atoms with van der Waals surface area (Å²) in [6.07, 6.45) is 3.29. The molecule has 0 amide bonds. The van der Waals surface area contributed by atoms with Gasteiger partial charge in [0.05, 0.1) is 22.1 Å². The number of hydrogen-bond acceptors (Lipinski definition) is 6. The van der Waals surface area contributed by atoms with Crippen LogP contribution in [0.2, 0.25) is 0 Å². The molecule has 2 aromatic carbocycles. The maximum absolute atomic E-state index is 11.3. The van der Waals surface area contributed by atoms with E-state index in [-0.39, 0.29) is 5.69 Å². The first-order valence-corrected chi connectivity index (χ1v) is 7.18. The van der Waals surface area contributed by atoms with Gasteiger partial charge in [-0.15, -0.1) is 0 Å². The molecule has 7 heteroatoms. The SMILES string of the molecule is CN(Cc1ccnnc1)c1ccc([N+](=O)[O-])c2c(C#N)cccc12. The first-order valence-electron chi connectivity index (χ1n) is 7.18. The molecule has 0 N–H and O–H groups in total. The van der Waals surface area contributed by atoms with Gasteiger partial charge >= 0.3 is 0 Å². The fourth-order valence-corrected chi connectivity index (χ4v) is 2.72. The third kappa shape index (κ3) is 2.73. The van der Waals surface area contributed by atoms with Crippen molar-refractivity contribution in [2.24, 2.45) is 0 Å². The number of non-ortho nitro benzene ring substituents is 1. The van der Waals surface area contributed by atoms with Gasteiger partial charge < -0.3 is 4.90 Å². The molecule has 0 aliphatic rings. The maximum Gasteiger partial charge on any atom is 0.278 e. The highest BCUT2D eigenvalue weighted by Gasteiger charge is 2.19. The average molecular weight is 319 g/mol. The van der Waals surface area contributed by atoms with Crippen LogP contribution in [0.4, 0.5) is 11.4 Å². The van der Waals surface area contributed by atoms with Gasteiger partial charge in [-0.2, -0.15) is 15.5 Å². The smallest absolute Gasteiger partial charge is 0.278 e. The predicted molar refractivity (Wildman–Crippen MR) is 89.5 cm³/mol. The predicted octanol–water partition coefficient (Wildman–Crippen LogP) is 3.05. The van der Waals surface area contributed by atoms with Gasteiger partial charge in [0.15, 0.2) is 0 Å². The molecule has 0 bridgehead atoms. The monoisotopic (exact) mass is 319 g/mol. The minimum Gasteiger partial charge on any atom is -0.370 e. The second kappa shape index (κ2) is 6.30. The van der Waals surface area contributed by atoms with Crippen LogP contribution in [-0.4, -0.2) is 22.2 Å². The van der Waals surface area contributed by atoms with Crippen molar-refractivity contribution in [1.29, 1.82) is 5.26 Å². The molecule has 7 nitrogen and oxygen atoms in total. The third-order valence-electron chi connectivity index (χ3n) is 3.79. The molecule has 0 saturated carbocycles. The number of benzene rings is 2. The Morgan fingerprint density at radius 1 is 1.25 bits per heavy atom. The molecule has 3 rings (SSSR count). The van der Waals surface area contributed by atoms with E-state index in [4.69, 9.17) is 0 Å². The summed E-state index contributed by atoms with van der Waals surface area (Å²) in [6, 6.07) is 12.2. The van der Waals surface area contributed by atoms with Crippen LogP contribution in [0.3, 0.4) is 0 Å². The van der Waals surface area contributed by atoms with E-state index in [1.165, 1.54) is 6.07 Å². The fraction of sp³-hybridized carbons (Fsp3) is 0.118. The molecule has 0 radical (unpaired) electrons. The highest BCUT2D eigenvalue weighted by molar-refractivity contribution is 6.03. The molecule has 1 aromatic heterocycles. The summed E-state index contributed by atoms with van der Waals surface area (Å²) >= 11 is 0. The van der Waals surface area contributed by atoms with Crippen LogP contribution in [0.25, 0.3) is 10.8 Å². The zero-order valence-electron chi connectivity index (χ0n) is 12.9. The van der Waals surface area contributed by atoms with Gasteiger partial charge in [-0.1, -0.05) is 12.1 Å². The standard InChI is InChI=1S/C17H13N5O2/c1-21(11-12-7-8-19-20-10-12)15-5-6-16(22(23)24)17-13(9-18)3-2-4-14(15)17/h2-8,10H,11H2,1H3. The summed E-state index contributed by atoms with van der Waals surface area (Å²) in [5.74, 6) is 0. The van der Waals surface area contributed by atoms with Gasteiger partial charge in [0.25, 0.3) is 5.69 Å². The molecule has 0 aliphatic carbocycles. The number of anilines is 1. The molecule has 0 aliphatic heterocycles. The highest BCUT2D eigenvalue weighted by atomic mass is 16.6. The van der Waals surface area contributed by atoms with E-state index >= 15 is 0 Å². The van der Waals surface area contributed by atoms with E-state index in [9.17, 15) is 15.4 Å². The Morgan fingerprint density at radius 3 is 2.75 bits per heavy atom. The molecular formula is C17H13N5O2. The van der Waals surface area contributed by atoms with E-state index in [1.54, 1.807) is 36.7 Å². The Kier molecular flexibility index (Phi) is 4.03. The Hall–Kier alpha value is -3.53. The fourth-order valence-electron chi connectivity index (χ4n) is 2.72. The lowest BCUT2D eigenvalue weighted by Crippen LogP contribution is -2.17. The van der Waals surface area contributed by atoms with Gasteiger partial charge in [-0.25, -0.2) is 0 Å². The van der Waals surface area contributed by atoms with Crippen molar-refractivity contribution in [2.75, 3.05) is 11.9 Å². The van der Waals surface area contributed by atoms with Crippen LogP contribution in [0, 0.1) is 21.4 Å². The number of nitro groups is 1. The summed E-state index contributed by atoms with van der Waals surface area (Å²) in [5, 5.41) is 29.3. The molecule has 0 spiro atoms. The summed E-state index contributed by atoms with van der Waals surface area (Å²) in [7, 11) is 1.89. The number of nitrogens with zero attached hydrogens (tertiary/aromatic N) is 5. The number of nitriles is 1. The molecule has 0 atom stereocenters. The van der Waals surface area contributed by atoms with Gasteiger partial charge in [-0.3, -0.25) is 10.1 Å². The maximum atomic E-state index is 11.3. The number of hydrogen-bond donors (Lipinski definition) is 0. The van der Waals surface area contributed by atoms with Gasteiger partial charge in [0.1, 0.15) is 6.07 Å². The van der Waals surface area contributed by atoms with E-state index in [0.717, 1.165) is 11.3 Å². The van der Waals surface area contributed by atoms with Crippen molar-refractivity contribution in [3.8, 4) is 6.07 Å². The Labute approximate surface area is 137 Å². The Bertz CT molecular complexity index is 950. The summed E-state index contributed by atoms with van der Waals surface area (Å²) in [5.41, 5.74) is 2.00. The Morgan fingerprint density at radius 2 is 2.08 bits per heavy atom. The Balaban J connectivity index is 2.14. The number of rotatable bonds is 4. The normalized spacial score (nSPS) is 10.3. The summed E-state index contributed by atoms with van der Waals surface area (Å²) in [6.45, 7) is 0.569. The van der Waals surface area contributed by atoms with Crippen molar-refractivity contribution in [2.45, 2.75) is 6.54 Å². The minimum absolute atomic E-state index is 0.0649. The molecule has 0 saturated heterocycles. The molecule has 0 unspecified atom stereocenters. The van der Waals surface area contributed by atoms with Crippen LogP contribution in [0.1, 0.15) is 11.1 Å².